The van der Waals surface area contributed by atoms with Gasteiger partial charge in [-0.2, -0.15) is 0 Å². The smallest absolute Gasteiger partial charge is 0.151 e. The Kier molecular flexibility index (Phi) is 5.75. The van der Waals surface area contributed by atoms with Crippen molar-refractivity contribution in [1.29, 1.82) is 0 Å². The van der Waals surface area contributed by atoms with Crippen molar-refractivity contribution in [2.45, 2.75) is 31.6 Å². The second-order valence-electron chi connectivity index (χ2n) is 4.60. The molecule has 0 bridgehead atoms. The number of sulfone groups is 1. The molecule has 1 aromatic heterocycles. The molecule has 0 saturated heterocycles. The first-order valence-corrected chi connectivity index (χ1v) is 8.29. The normalized spacial score (nSPS) is 14.9. The van der Waals surface area contributed by atoms with Crippen LogP contribution in [0.4, 0.5) is 0 Å². The van der Waals surface area contributed by atoms with Gasteiger partial charge in [0.05, 0.1) is 24.1 Å². The monoisotopic (exact) mass is 286 g/mol. The summed E-state index contributed by atoms with van der Waals surface area (Å²) >= 11 is 0. The highest BCUT2D eigenvalue weighted by molar-refractivity contribution is 7.91. The van der Waals surface area contributed by atoms with Crippen LogP contribution in [0.5, 0.6) is 5.75 Å². The van der Waals surface area contributed by atoms with Crippen LogP contribution in [0.2, 0.25) is 0 Å². The van der Waals surface area contributed by atoms with E-state index in [2.05, 4.69) is 10.3 Å². The van der Waals surface area contributed by atoms with Gasteiger partial charge in [-0.25, -0.2) is 8.42 Å². The molecule has 19 heavy (non-hydrogen) atoms. The first kappa shape index (κ1) is 15.9. The van der Waals surface area contributed by atoms with Crippen molar-refractivity contribution in [1.82, 2.24) is 10.3 Å². The molecule has 0 saturated carbocycles. The summed E-state index contributed by atoms with van der Waals surface area (Å²) in [5.74, 6) is 0.667. The van der Waals surface area contributed by atoms with E-state index in [0.717, 1.165) is 12.0 Å². The van der Waals surface area contributed by atoms with Crippen molar-refractivity contribution in [3.05, 3.63) is 24.0 Å². The summed E-state index contributed by atoms with van der Waals surface area (Å²) in [7, 11) is -1.38. The van der Waals surface area contributed by atoms with Gasteiger partial charge in [0.2, 0.25) is 0 Å². The summed E-state index contributed by atoms with van der Waals surface area (Å²) in [5, 5.41) is 2.51. The number of rotatable bonds is 7. The molecular formula is C13H22N2O3S. The van der Waals surface area contributed by atoms with Gasteiger partial charge in [-0.05, 0) is 32.0 Å². The van der Waals surface area contributed by atoms with Crippen LogP contribution in [0.3, 0.4) is 0 Å². The Morgan fingerprint density at radius 1 is 1.42 bits per heavy atom. The van der Waals surface area contributed by atoms with Gasteiger partial charge in [-0.15, -0.1) is 0 Å². The summed E-state index contributed by atoms with van der Waals surface area (Å²) < 4.78 is 28.9. The third-order valence-electron chi connectivity index (χ3n) is 3.02. The number of aromatic nitrogens is 1. The van der Waals surface area contributed by atoms with E-state index in [1.165, 1.54) is 6.26 Å². The van der Waals surface area contributed by atoms with Gasteiger partial charge >= 0.3 is 0 Å². The Morgan fingerprint density at radius 2 is 2.11 bits per heavy atom. The van der Waals surface area contributed by atoms with E-state index in [-0.39, 0.29) is 6.04 Å². The van der Waals surface area contributed by atoms with Crippen LogP contribution in [-0.4, -0.2) is 38.6 Å². The fourth-order valence-corrected chi connectivity index (χ4v) is 2.61. The minimum Gasteiger partial charge on any atom is -0.492 e. The van der Waals surface area contributed by atoms with Gasteiger partial charge < -0.3 is 10.1 Å². The number of pyridine rings is 1. The minimum absolute atomic E-state index is 0.298. The largest absolute Gasteiger partial charge is 0.492 e. The zero-order chi connectivity index (χ0) is 14.5. The Hall–Kier alpha value is -1.14. The second-order valence-corrected chi connectivity index (χ2v) is 7.01. The molecule has 1 aromatic rings. The molecule has 0 aliphatic carbocycles. The topological polar surface area (TPSA) is 68.3 Å². The maximum atomic E-state index is 11.7. The molecule has 1 rings (SSSR count). The van der Waals surface area contributed by atoms with Crippen molar-refractivity contribution >= 4 is 9.84 Å². The minimum atomic E-state index is -3.12. The van der Waals surface area contributed by atoms with E-state index in [9.17, 15) is 8.42 Å². The van der Waals surface area contributed by atoms with Crippen LogP contribution < -0.4 is 10.1 Å². The first-order chi connectivity index (χ1) is 8.90. The Balaban J connectivity index is 2.99. The average molecular weight is 286 g/mol. The van der Waals surface area contributed by atoms with E-state index in [4.69, 9.17) is 4.74 Å². The molecule has 0 radical (unpaired) electrons. The maximum absolute atomic E-state index is 11.7. The van der Waals surface area contributed by atoms with Crippen molar-refractivity contribution in [3.8, 4) is 5.75 Å². The van der Waals surface area contributed by atoms with E-state index < -0.39 is 15.1 Å². The highest BCUT2D eigenvalue weighted by atomic mass is 32.2. The highest BCUT2D eigenvalue weighted by Gasteiger charge is 2.26. The summed E-state index contributed by atoms with van der Waals surface area (Å²) in [6.45, 7) is 4.34. The molecule has 2 atom stereocenters. The molecule has 1 N–H and O–H groups in total. The van der Waals surface area contributed by atoms with Crippen molar-refractivity contribution < 1.29 is 13.2 Å². The number of nitrogens with zero attached hydrogens (tertiary/aromatic N) is 1. The Labute approximate surface area is 115 Å². The Bertz CT molecular complexity index is 502. The van der Waals surface area contributed by atoms with Crippen LogP contribution in [0.25, 0.3) is 0 Å². The summed E-state index contributed by atoms with van der Waals surface area (Å²) in [4.78, 5) is 4.11. The Morgan fingerprint density at radius 3 is 2.63 bits per heavy atom. The van der Waals surface area contributed by atoms with Gasteiger partial charge in [0, 0.05) is 12.5 Å². The molecule has 0 spiro atoms. The summed E-state index contributed by atoms with van der Waals surface area (Å²) in [6.07, 6.45) is 5.46. The van der Waals surface area contributed by atoms with Crippen molar-refractivity contribution in [3.63, 3.8) is 0 Å². The second kappa shape index (κ2) is 6.86. The zero-order valence-corrected chi connectivity index (χ0v) is 12.7. The number of hydrogen-bond acceptors (Lipinski definition) is 5. The third-order valence-corrected chi connectivity index (χ3v) is 4.64. The SMILES string of the molecule is CCCOc1cncc(C(NC)C(C)S(C)(=O)=O)c1. The van der Waals surface area contributed by atoms with Gasteiger partial charge in [0.25, 0.3) is 0 Å². The molecular weight excluding hydrogens is 264 g/mol. The molecule has 6 heteroatoms. The molecule has 0 aromatic carbocycles. The van der Waals surface area contributed by atoms with Gasteiger partial charge in [0.1, 0.15) is 5.75 Å². The van der Waals surface area contributed by atoms with Crippen LogP contribution in [0.15, 0.2) is 18.5 Å². The highest BCUT2D eigenvalue weighted by Crippen LogP contribution is 2.23. The van der Waals surface area contributed by atoms with Gasteiger partial charge in [-0.3, -0.25) is 4.98 Å². The van der Waals surface area contributed by atoms with Gasteiger partial charge in [-0.1, -0.05) is 6.92 Å². The molecule has 0 aliphatic heterocycles. The predicted molar refractivity (Wildman–Crippen MR) is 76.1 cm³/mol. The predicted octanol–water partition coefficient (Wildman–Crippen LogP) is 1.56. The fraction of sp³-hybridized carbons (Fsp3) is 0.615. The number of nitrogens with one attached hydrogen (secondary N) is 1. The van der Waals surface area contributed by atoms with Crippen LogP contribution >= 0.6 is 0 Å². The molecule has 2 unspecified atom stereocenters. The lowest BCUT2D eigenvalue weighted by atomic mass is 10.1. The number of ether oxygens (including phenoxy) is 1. The molecule has 0 amide bonds. The van der Waals surface area contributed by atoms with Crippen LogP contribution in [-0.2, 0) is 9.84 Å². The summed E-state index contributed by atoms with van der Waals surface area (Å²) in [5.41, 5.74) is 0.814. The standard InChI is InChI=1S/C13H22N2O3S/c1-5-6-18-12-7-11(8-15-9-12)13(14-3)10(2)19(4,16)17/h7-10,13-14H,5-6H2,1-4H3. The third kappa shape index (κ3) is 4.47. The first-order valence-electron chi connectivity index (χ1n) is 6.34. The molecule has 1 heterocycles. The quantitative estimate of drug-likeness (QED) is 0.824. The van der Waals surface area contributed by atoms with Gasteiger partial charge in [0.15, 0.2) is 9.84 Å². The lowest BCUT2D eigenvalue weighted by Crippen LogP contribution is -2.33. The maximum Gasteiger partial charge on any atom is 0.151 e. The van der Waals surface area contributed by atoms with E-state index in [0.29, 0.717) is 12.4 Å². The van der Waals surface area contributed by atoms with E-state index in [1.54, 1.807) is 26.4 Å². The molecule has 0 fully saturated rings. The van der Waals surface area contributed by atoms with Crippen molar-refractivity contribution in [2.24, 2.45) is 0 Å². The van der Waals surface area contributed by atoms with Crippen LogP contribution in [0.1, 0.15) is 31.9 Å². The summed E-state index contributed by atoms with van der Waals surface area (Å²) in [6, 6.07) is 1.54. The van der Waals surface area contributed by atoms with Crippen molar-refractivity contribution in [2.75, 3.05) is 19.9 Å². The lowest BCUT2D eigenvalue weighted by Gasteiger charge is -2.22. The van der Waals surface area contributed by atoms with Crippen LogP contribution in [0, 0.1) is 0 Å². The van der Waals surface area contributed by atoms with E-state index in [1.807, 2.05) is 13.0 Å². The lowest BCUT2D eigenvalue weighted by molar-refractivity contribution is 0.315. The fourth-order valence-electron chi connectivity index (χ4n) is 1.82. The average Bonchev–Trinajstić information content (AvgIpc) is 2.36. The molecule has 5 nitrogen and oxygen atoms in total. The molecule has 108 valence electrons. The zero-order valence-electron chi connectivity index (χ0n) is 11.9. The molecule has 0 aliphatic rings. The number of hydrogen-bond donors (Lipinski definition) is 1. The van der Waals surface area contributed by atoms with E-state index >= 15 is 0 Å².